The van der Waals surface area contributed by atoms with E-state index >= 15 is 0 Å². The molecule has 0 aromatic heterocycles. The van der Waals surface area contributed by atoms with E-state index in [0.29, 0.717) is 0 Å². The van der Waals surface area contributed by atoms with E-state index in [2.05, 4.69) is 11.9 Å². The average molecular weight is 360 g/mol. The number of hydrogen-bond acceptors (Lipinski definition) is 6. The van der Waals surface area contributed by atoms with Crippen LogP contribution in [0.5, 0.6) is 0 Å². The molecule has 2 amide bonds. The van der Waals surface area contributed by atoms with Crippen LogP contribution in [-0.2, 0) is 29.4 Å². The highest BCUT2D eigenvalue weighted by atomic mass is 32.2. The molecule has 0 saturated carbocycles. The van der Waals surface area contributed by atoms with Gasteiger partial charge in [-0.15, -0.1) is 6.58 Å². The molecule has 0 aliphatic heterocycles. The monoisotopic (exact) mass is 360 g/mol. The third-order valence-corrected chi connectivity index (χ3v) is 5.34. The Morgan fingerprint density at radius 3 is 2.17 bits per heavy atom. The molecule has 0 atom stereocenters. The van der Waals surface area contributed by atoms with E-state index in [0.717, 1.165) is 6.92 Å². The van der Waals surface area contributed by atoms with E-state index in [4.69, 9.17) is 0 Å². The van der Waals surface area contributed by atoms with Crippen LogP contribution in [0, 0.1) is 0 Å². The molecule has 0 unspecified atom stereocenters. The Morgan fingerprint density at radius 2 is 1.70 bits per heavy atom. The van der Waals surface area contributed by atoms with Gasteiger partial charge in [0.1, 0.15) is 5.75 Å². The molecular formula is C13H16N2O6S2. The number of sulfone groups is 1. The molecule has 23 heavy (non-hydrogen) atoms. The number of sulfonamides is 1. The Hall–Kier alpha value is -2.20. The van der Waals surface area contributed by atoms with Crippen LogP contribution in [0.1, 0.15) is 6.92 Å². The number of anilines is 1. The van der Waals surface area contributed by atoms with Crippen LogP contribution in [0.15, 0.2) is 41.8 Å². The first kappa shape index (κ1) is 18.8. The molecule has 0 radical (unpaired) electrons. The lowest BCUT2D eigenvalue weighted by atomic mass is 10.3. The molecule has 0 heterocycles. The summed E-state index contributed by atoms with van der Waals surface area (Å²) in [4.78, 5) is 22.3. The number of amides is 2. The van der Waals surface area contributed by atoms with Crippen molar-refractivity contribution in [2.45, 2.75) is 11.8 Å². The molecular weight excluding hydrogens is 344 g/mol. The molecule has 8 nitrogen and oxygen atoms in total. The van der Waals surface area contributed by atoms with Crippen molar-refractivity contribution in [3.05, 3.63) is 36.9 Å². The first-order valence-corrected chi connectivity index (χ1v) is 9.61. The minimum atomic E-state index is -3.96. The van der Waals surface area contributed by atoms with Gasteiger partial charge in [-0.2, -0.15) is 0 Å². The van der Waals surface area contributed by atoms with Gasteiger partial charge in [-0.1, -0.05) is 6.08 Å². The van der Waals surface area contributed by atoms with Crippen molar-refractivity contribution in [1.82, 2.24) is 4.72 Å². The van der Waals surface area contributed by atoms with Crippen molar-refractivity contribution in [1.29, 1.82) is 0 Å². The second kappa shape index (κ2) is 7.38. The molecule has 1 aromatic carbocycles. The smallest absolute Gasteiger partial charge is 0.264 e. The summed E-state index contributed by atoms with van der Waals surface area (Å²) in [6, 6.07) is 4.93. The maximum absolute atomic E-state index is 11.7. The third-order valence-electron chi connectivity index (χ3n) is 2.45. The Morgan fingerprint density at radius 1 is 1.13 bits per heavy atom. The summed E-state index contributed by atoms with van der Waals surface area (Å²) >= 11 is 0. The van der Waals surface area contributed by atoms with Crippen molar-refractivity contribution in [2.75, 3.05) is 16.8 Å². The molecule has 0 spiro atoms. The molecule has 10 heteroatoms. The minimum Gasteiger partial charge on any atom is -0.325 e. The van der Waals surface area contributed by atoms with Gasteiger partial charge in [-0.05, 0) is 24.3 Å². The van der Waals surface area contributed by atoms with Crippen molar-refractivity contribution in [3.63, 3.8) is 0 Å². The minimum absolute atomic E-state index is 0.162. The summed E-state index contributed by atoms with van der Waals surface area (Å²) in [7, 11) is -7.53. The van der Waals surface area contributed by atoms with Gasteiger partial charge in [0, 0.05) is 12.6 Å². The maximum Gasteiger partial charge on any atom is 0.264 e. The molecule has 2 N–H and O–H groups in total. The van der Waals surface area contributed by atoms with Gasteiger partial charge in [0.25, 0.3) is 10.0 Å². The summed E-state index contributed by atoms with van der Waals surface area (Å²) < 4.78 is 48.2. The Bertz CT molecular complexity index is 811. The van der Waals surface area contributed by atoms with Crippen LogP contribution in [0.3, 0.4) is 0 Å². The van der Waals surface area contributed by atoms with E-state index in [9.17, 15) is 26.4 Å². The number of benzene rings is 1. The van der Waals surface area contributed by atoms with E-state index in [1.807, 2.05) is 0 Å². The lowest BCUT2D eigenvalue weighted by Gasteiger charge is -2.07. The molecule has 126 valence electrons. The second-order valence-corrected chi connectivity index (χ2v) is 8.37. The molecule has 0 bridgehead atoms. The number of nitrogens with one attached hydrogen (secondary N) is 2. The van der Waals surface area contributed by atoms with Gasteiger partial charge in [0.2, 0.25) is 11.8 Å². The lowest BCUT2D eigenvalue weighted by Crippen LogP contribution is -2.28. The summed E-state index contributed by atoms with van der Waals surface area (Å²) in [6.07, 6.45) is 1.18. The van der Waals surface area contributed by atoms with Gasteiger partial charge in [0.05, 0.1) is 10.6 Å². The highest BCUT2D eigenvalue weighted by Crippen LogP contribution is 2.14. The number of hydrogen-bond donors (Lipinski definition) is 2. The Labute approximate surface area is 134 Å². The predicted molar refractivity (Wildman–Crippen MR) is 84.9 cm³/mol. The molecule has 0 saturated heterocycles. The fourth-order valence-corrected chi connectivity index (χ4v) is 3.54. The normalized spacial score (nSPS) is 11.5. The maximum atomic E-state index is 11.7. The average Bonchev–Trinajstić information content (AvgIpc) is 2.36. The zero-order chi connectivity index (χ0) is 17.7. The zero-order valence-corrected chi connectivity index (χ0v) is 13.9. The van der Waals surface area contributed by atoms with Gasteiger partial charge in [0.15, 0.2) is 9.84 Å². The first-order chi connectivity index (χ1) is 10.6. The van der Waals surface area contributed by atoms with Gasteiger partial charge in [-0.25, -0.2) is 21.6 Å². The van der Waals surface area contributed by atoms with E-state index in [1.165, 1.54) is 30.3 Å². The molecule has 0 aliphatic carbocycles. The number of carbonyl (C=O) groups is 2. The fourth-order valence-electron chi connectivity index (χ4n) is 1.60. The second-order valence-electron chi connectivity index (χ2n) is 4.58. The third kappa shape index (κ3) is 6.20. The highest BCUT2D eigenvalue weighted by Gasteiger charge is 2.17. The predicted octanol–water partition coefficient (Wildman–Crippen LogP) is 0.0507. The summed E-state index contributed by atoms with van der Waals surface area (Å²) in [5.74, 6) is -2.49. The SMILES string of the molecule is C=CCS(=O)(=O)CC(=O)Nc1ccc(S(=O)(=O)NC(C)=O)cc1. The summed E-state index contributed by atoms with van der Waals surface area (Å²) in [5, 5.41) is 2.34. The zero-order valence-electron chi connectivity index (χ0n) is 12.3. The Kier molecular flexibility index (Phi) is 6.05. The quantitative estimate of drug-likeness (QED) is 0.662. The lowest BCUT2D eigenvalue weighted by molar-refractivity contribution is -0.117. The van der Waals surface area contributed by atoms with E-state index < -0.39 is 37.4 Å². The van der Waals surface area contributed by atoms with Crippen LogP contribution < -0.4 is 10.0 Å². The van der Waals surface area contributed by atoms with E-state index in [1.54, 1.807) is 4.72 Å². The van der Waals surface area contributed by atoms with Crippen molar-refractivity contribution in [2.24, 2.45) is 0 Å². The molecule has 0 fully saturated rings. The van der Waals surface area contributed by atoms with Crippen molar-refractivity contribution < 1.29 is 26.4 Å². The van der Waals surface area contributed by atoms with Gasteiger partial charge >= 0.3 is 0 Å². The molecule has 1 aromatic rings. The van der Waals surface area contributed by atoms with Crippen molar-refractivity contribution in [3.8, 4) is 0 Å². The summed E-state index contributed by atoms with van der Waals surface area (Å²) in [6.45, 7) is 4.36. The molecule has 0 aliphatic rings. The highest BCUT2D eigenvalue weighted by molar-refractivity contribution is 7.92. The van der Waals surface area contributed by atoms with Crippen LogP contribution >= 0.6 is 0 Å². The van der Waals surface area contributed by atoms with E-state index in [-0.39, 0.29) is 16.3 Å². The number of rotatable bonds is 7. The standard InChI is InChI=1S/C13H16N2O6S2/c1-3-8-22(18,19)9-13(17)14-11-4-6-12(7-5-11)23(20,21)15-10(2)16/h3-7H,1,8-9H2,2H3,(H,14,17)(H,15,16). The van der Waals surface area contributed by atoms with Gasteiger partial charge < -0.3 is 5.32 Å². The van der Waals surface area contributed by atoms with Crippen molar-refractivity contribution >= 4 is 37.4 Å². The number of carbonyl (C=O) groups excluding carboxylic acids is 2. The first-order valence-electron chi connectivity index (χ1n) is 6.30. The largest absolute Gasteiger partial charge is 0.325 e. The van der Waals surface area contributed by atoms with Crippen LogP contribution in [0.4, 0.5) is 5.69 Å². The summed E-state index contributed by atoms with van der Waals surface area (Å²) in [5.41, 5.74) is 0.227. The van der Waals surface area contributed by atoms with Crippen LogP contribution in [-0.4, -0.2) is 40.2 Å². The topological polar surface area (TPSA) is 126 Å². The molecule has 1 rings (SSSR count). The fraction of sp³-hybridized carbons (Fsp3) is 0.231. The van der Waals surface area contributed by atoms with Crippen LogP contribution in [0.25, 0.3) is 0 Å². The van der Waals surface area contributed by atoms with Crippen LogP contribution in [0.2, 0.25) is 0 Å². The Balaban J connectivity index is 2.80. The van der Waals surface area contributed by atoms with Gasteiger partial charge in [-0.3, -0.25) is 9.59 Å².